The highest BCUT2D eigenvalue weighted by atomic mass is 19.1. The van der Waals surface area contributed by atoms with Crippen molar-refractivity contribution in [3.05, 3.63) is 11.6 Å². The van der Waals surface area contributed by atoms with Gasteiger partial charge in [-0.3, -0.25) is 4.79 Å². The third kappa shape index (κ3) is 2.89. The Balaban J connectivity index is 2.80. The topological polar surface area (TPSA) is 69.1 Å². The number of carbonyl (C=O) groups excluding carboxylic acids is 1. The Hall–Kier alpha value is -0.740. The molecule has 3 atom stereocenters. The summed E-state index contributed by atoms with van der Waals surface area (Å²) in [6, 6.07) is -1.07. The van der Waals surface area contributed by atoms with Gasteiger partial charge in [0.25, 0.3) is 0 Å². The van der Waals surface area contributed by atoms with E-state index in [2.05, 4.69) is 0 Å². The minimum Gasteiger partial charge on any atom is -0.325 e. The molecular formula is C12H21FN2O. The molecule has 0 aromatic carbocycles. The molecule has 16 heavy (non-hydrogen) atoms. The van der Waals surface area contributed by atoms with Crippen LogP contribution < -0.4 is 11.5 Å². The van der Waals surface area contributed by atoms with Gasteiger partial charge < -0.3 is 11.5 Å². The molecule has 0 saturated heterocycles. The SMILES string of the molecule is CC(C)(C)C(N)C(=O)C1=CC(F)C(N)CC1. The number of hydrogen-bond donors (Lipinski definition) is 2. The lowest BCUT2D eigenvalue weighted by Crippen LogP contribution is -2.44. The maximum absolute atomic E-state index is 13.4. The molecule has 0 saturated carbocycles. The highest BCUT2D eigenvalue weighted by Gasteiger charge is 2.32. The third-order valence-corrected chi connectivity index (χ3v) is 3.05. The number of ketones is 1. The molecule has 3 unspecified atom stereocenters. The van der Waals surface area contributed by atoms with Crippen molar-refractivity contribution in [1.29, 1.82) is 0 Å². The lowest BCUT2D eigenvalue weighted by atomic mass is 9.80. The lowest BCUT2D eigenvalue weighted by molar-refractivity contribution is -0.119. The van der Waals surface area contributed by atoms with Gasteiger partial charge in [0.2, 0.25) is 0 Å². The second kappa shape index (κ2) is 4.63. The minimum atomic E-state index is -1.22. The Labute approximate surface area is 96.1 Å². The molecule has 0 spiro atoms. The van der Waals surface area contributed by atoms with Crippen molar-refractivity contribution in [1.82, 2.24) is 0 Å². The van der Waals surface area contributed by atoms with Crippen molar-refractivity contribution in [2.24, 2.45) is 16.9 Å². The molecule has 4 N–H and O–H groups in total. The first-order valence-corrected chi connectivity index (χ1v) is 5.63. The van der Waals surface area contributed by atoms with E-state index in [1.165, 1.54) is 6.08 Å². The molecule has 1 aliphatic carbocycles. The van der Waals surface area contributed by atoms with E-state index < -0.39 is 18.3 Å². The van der Waals surface area contributed by atoms with Gasteiger partial charge in [0.15, 0.2) is 5.78 Å². The van der Waals surface area contributed by atoms with Gasteiger partial charge in [-0.2, -0.15) is 0 Å². The predicted molar refractivity (Wildman–Crippen MR) is 62.6 cm³/mol. The van der Waals surface area contributed by atoms with Gasteiger partial charge in [-0.05, 0) is 29.9 Å². The van der Waals surface area contributed by atoms with E-state index in [1.807, 2.05) is 20.8 Å². The molecule has 0 aromatic rings. The van der Waals surface area contributed by atoms with Crippen molar-refractivity contribution in [2.75, 3.05) is 0 Å². The smallest absolute Gasteiger partial charge is 0.175 e. The summed E-state index contributed by atoms with van der Waals surface area (Å²) in [6.45, 7) is 5.70. The number of hydrogen-bond acceptors (Lipinski definition) is 3. The van der Waals surface area contributed by atoms with Crippen LogP contribution in [0.25, 0.3) is 0 Å². The van der Waals surface area contributed by atoms with E-state index in [0.29, 0.717) is 18.4 Å². The van der Waals surface area contributed by atoms with Gasteiger partial charge in [-0.15, -0.1) is 0 Å². The second-order valence-corrected chi connectivity index (χ2v) is 5.55. The molecule has 0 aliphatic heterocycles. The summed E-state index contributed by atoms with van der Waals surface area (Å²) in [5.74, 6) is -0.151. The van der Waals surface area contributed by atoms with E-state index in [0.717, 1.165) is 0 Å². The highest BCUT2D eigenvalue weighted by molar-refractivity contribution is 6.00. The fourth-order valence-corrected chi connectivity index (χ4v) is 1.68. The Morgan fingerprint density at radius 2 is 2.12 bits per heavy atom. The zero-order valence-electron chi connectivity index (χ0n) is 10.2. The van der Waals surface area contributed by atoms with Crippen molar-refractivity contribution >= 4 is 5.78 Å². The summed E-state index contributed by atoms with van der Waals surface area (Å²) >= 11 is 0. The van der Waals surface area contributed by atoms with Crippen molar-refractivity contribution in [3.8, 4) is 0 Å². The monoisotopic (exact) mass is 228 g/mol. The normalized spacial score (nSPS) is 28.5. The molecule has 1 aliphatic rings. The molecule has 0 fully saturated rings. The fourth-order valence-electron chi connectivity index (χ4n) is 1.68. The largest absolute Gasteiger partial charge is 0.325 e. The van der Waals surface area contributed by atoms with E-state index >= 15 is 0 Å². The summed E-state index contributed by atoms with van der Waals surface area (Å²) in [4.78, 5) is 12.0. The molecule has 1 rings (SSSR count). The minimum absolute atomic E-state index is 0.151. The standard InChI is InChI=1S/C12H21FN2O/c1-12(2,3)11(15)10(16)7-4-5-9(14)8(13)6-7/h6,8-9,11H,4-5,14-15H2,1-3H3. The summed E-state index contributed by atoms with van der Waals surface area (Å²) in [7, 11) is 0. The Morgan fingerprint density at radius 3 is 2.56 bits per heavy atom. The van der Waals surface area contributed by atoms with Crippen LogP contribution in [0.15, 0.2) is 11.6 Å². The van der Waals surface area contributed by atoms with E-state index in [9.17, 15) is 9.18 Å². The second-order valence-electron chi connectivity index (χ2n) is 5.55. The molecule has 3 nitrogen and oxygen atoms in total. The van der Waals surface area contributed by atoms with E-state index in [4.69, 9.17) is 11.5 Å². The number of alkyl halides is 1. The average Bonchev–Trinajstić information content (AvgIpc) is 2.18. The third-order valence-electron chi connectivity index (χ3n) is 3.05. The number of carbonyl (C=O) groups is 1. The zero-order valence-corrected chi connectivity index (χ0v) is 10.2. The first-order valence-electron chi connectivity index (χ1n) is 5.63. The van der Waals surface area contributed by atoms with Crippen LogP contribution in [0.2, 0.25) is 0 Å². The lowest BCUT2D eigenvalue weighted by Gasteiger charge is -2.29. The van der Waals surface area contributed by atoms with Gasteiger partial charge in [-0.1, -0.05) is 20.8 Å². The molecule has 0 aromatic heterocycles. The molecule has 0 amide bonds. The summed E-state index contributed by atoms with van der Waals surface area (Å²) in [6.07, 6.45) is 1.15. The number of halogens is 1. The zero-order chi connectivity index (χ0) is 12.5. The maximum Gasteiger partial charge on any atom is 0.175 e. The quantitative estimate of drug-likeness (QED) is 0.748. The highest BCUT2D eigenvalue weighted by Crippen LogP contribution is 2.26. The molecule has 92 valence electrons. The first-order chi connectivity index (χ1) is 7.23. The van der Waals surface area contributed by atoms with Gasteiger partial charge in [0.1, 0.15) is 6.17 Å². The van der Waals surface area contributed by atoms with E-state index in [-0.39, 0.29) is 11.2 Å². The number of Topliss-reactive ketones (excluding diaryl/α,β-unsaturated/α-hetero) is 1. The Bertz CT molecular complexity index is 307. The Kier molecular flexibility index (Phi) is 3.86. The van der Waals surface area contributed by atoms with Crippen LogP contribution in [0.3, 0.4) is 0 Å². The van der Waals surface area contributed by atoms with Crippen LogP contribution in [0, 0.1) is 5.41 Å². The maximum atomic E-state index is 13.4. The summed E-state index contributed by atoms with van der Waals surface area (Å²) in [5, 5.41) is 0. The van der Waals surface area contributed by atoms with Gasteiger partial charge >= 0.3 is 0 Å². The average molecular weight is 228 g/mol. The predicted octanol–water partition coefficient (Wildman–Crippen LogP) is 1.31. The van der Waals surface area contributed by atoms with E-state index in [1.54, 1.807) is 0 Å². The van der Waals surface area contributed by atoms with Gasteiger partial charge in [-0.25, -0.2) is 4.39 Å². The molecule has 0 heterocycles. The van der Waals surface area contributed by atoms with Crippen LogP contribution in [0.5, 0.6) is 0 Å². The van der Waals surface area contributed by atoms with Crippen molar-refractivity contribution in [3.63, 3.8) is 0 Å². The van der Waals surface area contributed by atoms with Crippen molar-refractivity contribution in [2.45, 2.75) is 51.9 Å². The first kappa shape index (κ1) is 13.3. The van der Waals surface area contributed by atoms with Crippen LogP contribution >= 0.6 is 0 Å². The summed E-state index contributed by atoms with van der Waals surface area (Å²) in [5.41, 5.74) is 11.6. The molecular weight excluding hydrogens is 207 g/mol. The molecule has 0 radical (unpaired) electrons. The van der Waals surface area contributed by atoms with Crippen LogP contribution in [0.4, 0.5) is 4.39 Å². The van der Waals surface area contributed by atoms with Crippen LogP contribution in [-0.4, -0.2) is 24.0 Å². The van der Waals surface area contributed by atoms with Crippen LogP contribution in [-0.2, 0) is 4.79 Å². The molecule has 0 bridgehead atoms. The number of nitrogens with two attached hydrogens (primary N) is 2. The Morgan fingerprint density at radius 1 is 1.56 bits per heavy atom. The summed E-state index contributed by atoms with van der Waals surface area (Å²) < 4.78 is 13.4. The van der Waals surface area contributed by atoms with Gasteiger partial charge in [0, 0.05) is 6.04 Å². The molecule has 4 heteroatoms. The fraction of sp³-hybridized carbons (Fsp3) is 0.750. The van der Waals surface area contributed by atoms with Crippen LogP contribution in [0.1, 0.15) is 33.6 Å². The van der Waals surface area contributed by atoms with Gasteiger partial charge in [0.05, 0.1) is 6.04 Å². The number of rotatable bonds is 2. The van der Waals surface area contributed by atoms with Crippen molar-refractivity contribution < 1.29 is 9.18 Å².